The van der Waals surface area contributed by atoms with E-state index in [2.05, 4.69) is 40.7 Å². The van der Waals surface area contributed by atoms with E-state index in [9.17, 15) is 4.79 Å². The number of carbonyl (C=O) groups excluding carboxylic acids is 1. The van der Waals surface area contributed by atoms with Gasteiger partial charge in [0.15, 0.2) is 0 Å². The van der Waals surface area contributed by atoms with Gasteiger partial charge >= 0.3 is 5.97 Å². The number of rotatable bonds is 2. The van der Waals surface area contributed by atoms with E-state index in [1.807, 2.05) is 0 Å². The molecule has 2 fully saturated rings. The first-order chi connectivity index (χ1) is 11.1. The van der Waals surface area contributed by atoms with Gasteiger partial charge in [-0.05, 0) is 62.9 Å². The summed E-state index contributed by atoms with van der Waals surface area (Å²) in [5, 5.41) is 0. The molecule has 1 aliphatic heterocycles. The third kappa shape index (κ3) is 2.46. The molecule has 136 valence electrons. The zero-order valence-electron chi connectivity index (χ0n) is 16.3. The summed E-state index contributed by atoms with van der Waals surface area (Å²) >= 11 is 0. The van der Waals surface area contributed by atoms with Gasteiger partial charge in [-0.1, -0.05) is 33.3 Å². The molecule has 0 unspecified atom stereocenters. The SMILES string of the molecule is COC(=O)C[C@]1(C)CC[C@]2(O1)C(C)=CC[C@H]1C(C)(C)CCC[C@@]12C. The summed E-state index contributed by atoms with van der Waals surface area (Å²) in [5.74, 6) is 0.473. The fourth-order valence-corrected chi connectivity index (χ4v) is 6.24. The van der Waals surface area contributed by atoms with Crippen molar-refractivity contribution in [3.63, 3.8) is 0 Å². The minimum atomic E-state index is -0.408. The molecule has 3 nitrogen and oxygen atoms in total. The lowest BCUT2D eigenvalue weighted by atomic mass is 9.46. The molecular weight excluding hydrogens is 300 g/mol. The summed E-state index contributed by atoms with van der Waals surface area (Å²) in [5.41, 5.74) is 1.27. The van der Waals surface area contributed by atoms with Crippen LogP contribution in [0.1, 0.15) is 79.6 Å². The molecular formula is C21H34O3. The molecule has 0 N–H and O–H groups in total. The lowest BCUT2D eigenvalue weighted by molar-refractivity contribution is -0.193. The first-order valence-corrected chi connectivity index (χ1v) is 9.53. The summed E-state index contributed by atoms with van der Waals surface area (Å²) < 4.78 is 11.8. The Labute approximate surface area is 147 Å². The topological polar surface area (TPSA) is 35.5 Å². The van der Waals surface area contributed by atoms with Crippen molar-refractivity contribution >= 4 is 5.97 Å². The van der Waals surface area contributed by atoms with Crippen molar-refractivity contribution in [2.45, 2.75) is 90.8 Å². The van der Waals surface area contributed by atoms with E-state index in [1.165, 1.54) is 31.9 Å². The van der Waals surface area contributed by atoms with Gasteiger partial charge in [0.2, 0.25) is 0 Å². The predicted octanol–water partition coefficient (Wildman–Crippen LogP) is 5.04. The van der Waals surface area contributed by atoms with Gasteiger partial charge in [0.25, 0.3) is 0 Å². The Hall–Kier alpha value is -0.830. The van der Waals surface area contributed by atoms with Crippen molar-refractivity contribution in [2.24, 2.45) is 16.7 Å². The zero-order valence-corrected chi connectivity index (χ0v) is 16.3. The Morgan fingerprint density at radius 2 is 1.92 bits per heavy atom. The maximum Gasteiger partial charge on any atom is 0.308 e. The third-order valence-corrected chi connectivity index (χ3v) is 7.62. The predicted molar refractivity (Wildman–Crippen MR) is 95.7 cm³/mol. The third-order valence-electron chi connectivity index (χ3n) is 7.62. The summed E-state index contributed by atoms with van der Waals surface area (Å²) in [4.78, 5) is 11.9. The van der Waals surface area contributed by atoms with Gasteiger partial charge in [-0.3, -0.25) is 4.79 Å². The van der Waals surface area contributed by atoms with Crippen LogP contribution in [-0.2, 0) is 14.3 Å². The molecule has 0 amide bonds. The number of carbonyl (C=O) groups is 1. The Bertz CT molecular complexity index is 563. The van der Waals surface area contributed by atoms with E-state index in [0.29, 0.717) is 17.8 Å². The Morgan fingerprint density at radius 3 is 2.58 bits per heavy atom. The van der Waals surface area contributed by atoms with Gasteiger partial charge in [-0.2, -0.15) is 0 Å². The van der Waals surface area contributed by atoms with E-state index < -0.39 is 5.60 Å². The largest absolute Gasteiger partial charge is 0.469 e. The van der Waals surface area contributed by atoms with Crippen LogP contribution >= 0.6 is 0 Å². The minimum absolute atomic E-state index is 0.154. The lowest BCUT2D eigenvalue weighted by Crippen LogP contribution is -2.59. The highest BCUT2D eigenvalue weighted by molar-refractivity contribution is 5.70. The van der Waals surface area contributed by atoms with Crippen molar-refractivity contribution < 1.29 is 14.3 Å². The fourth-order valence-electron chi connectivity index (χ4n) is 6.24. The lowest BCUT2D eigenvalue weighted by Gasteiger charge is -2.61. The number of fused-ring (bicyclic) bond motifs is 2. The Kier molecular flexibility index (Phi) is 4.18. The number of esters is 1. The van der Waals surface area contributed by atoms with Crippen molar-refractivity contribution in [3.05, 3.63) is 11.6 Å². The quantitative estimate of drug-likeness (QED) is 0.524. The molecule has 0 aromatic rings. The Balaban J connectivity index is 1.98. The summed E-state index contributed by atoms with van der Waals surface area (Å²) in [6.45, 7) is 11.7. The molecule has 1 heterocycles. The molecule has 0 aromatic heterocycles. The summed E-state index contributed by atoms with van der Waals surface area (Å²) in [6, 6.07) is 0. The highest BCUT2D eigenvalue weighted by Gasteiger charge is 2.64. The number of ether oxygens (including phenoxy) is 2. The number of hydrogen-bond acceptors (Lipinski definition) is 3. The van der Waals surface area contributed by atoms with Gasteiger partial charge < -0.3 is 9.47 Å². The smallest absolute Gasteiger partial charge is 0.308 e. The average Bonchev–Trinajstić information content (AvgIpc) is 2.83. The molecule has 0 aromatic carbocycles. The van der Waals surface area contributed by atoms with E-state index in [1.54, 1.807) is 0 Å². The molecule has 24 heavy (non-hydrogen) atoms. The second kappa shape index (κ2) is 5.59. The summed E-state index contributed by atoms with van der Waals surface area (Å²) in [7, 11) is 1.46. The number of hydrogen-bond donors (Lipinski definition) is 0. The van der Waals surface area contributed by atoms with Gasteiger partial charge in [0.05, 0.1) is 24.7 Å². The van der Waals surface area contributed by atoms with Crippen LogP contribution in [0.25, 0.3) is 0 Å². The molecule has 3 heteroatoms. The second-order valence-corrected chi connectivity index (χ2v) is 9.57. The molecule has 4 atom stereocenters. The van der Waals surface area contributed by atoms with Crippen LogP contribution in [0.5, 0.6) is 0 Å². The van der Waals surface area contributed by atoms with Crippen LogP contribution in [0, 0.1) is 16.7 Å². The molecule has 1 saturated heterocycles. The molecule has 3 aliphatic rings. The van der Waals surface area contributed by atoms with Crippen LogP contribution < -0.4 is 0 Å². The first-order valence-electron chi connectivity index (χ1n) is 9.53. The van der Waals surface area contributed by atoms with Gasteiger partial charge in [-0.15, -0.1) is 0 Å². The van der Waals surface area contributed by atoms with Crippen LogP contribution in [-0.4, -0.2) is 24.3 Å². The highest BCUT2D eigenvalue weighted by Crippen LogP contribution is 2.66. The van der Waals surface area contributed by atoms with Crippen LogP contribution in [0.3, 0.4) is 0 Å². The molecule has 2 aliphatic carbocycles. The number of methoxy groups -OCH3 is 1. The van der Waals surface area contributed by atoms with Gasteiger partial charge in [0.1, 0.15) is 0 Å². The molecule has 0 bridgehead atoms. The maximum atomic E-state index is 11.9. The van der Waals surface area contributed by atoms with Crippen molar-refractivity contribution in [2.75, 3.05) is 7.11 Å². The van der Waals surface area contributed by atoms with Crippen molar-refractivity contribution in [1.82, 2.24) is 0 Å². The molecule has 1 saturated carbocycles. The van der Waals surface area contributed by atoms with Crippen LogP contribution in [0.15, 0.2) is 11.6 Å². The summed E-state index contributed by atoms with van der Waals surface area (Å²) in [6.07, 6.45) is 9.67. The molecule has 3 rings (SSSR count). The fraction of sp³-hybridized carbons (Fsp3) is 0.857. The second-order valence-electron chi connectivity index (χ2n) is 9.57. The van der Waals surface area contributed by atoms with Crippen LogP contribution in [0.4, 0.5) is 0 Å². The van der Waals surface area contributed by atoms with Crippen molar-refractivity contribution in [1.29, 1.82) is 0 Å². The van der Waals surface area contributed by atoms with Crippen LogP contribution in [0.2, 0.25) is 0 Å². The standard InChI is InChI=1S/C21H34O3/c1-15-8-9-16-18(2,3)10-7-11-20(16,5)21(15)13-12-19(4,24-21)14-17(22)23-6/h8,16H,7,9-14H2,1-6H3/t16-,19-,20-,21-/m0/s1. The average molecular weight is 335 g/mol. The minimum Gasteiger partial charge on any atom is -0.469 e. The van der Waals surface area contributed by atoms with E-state index in [-0.39, 0.29) is 17.0 Å². The van der Waals surface area contributed by atoms with E-state index in [0.717, 1.165) is 19.3 Å². The van der Waals surface area contributed by atoms with Gasteiger partial charge in [-0.25, -0.2) is 0 Å². The molecule has 0 radical (unpaired) electrons. The maximum absolute atomic E-state index is 11.9. The van der Waals surface area contributed by atoms with Gasteiger partial charge in [0, 0.05) is 5.41 Å². The van der Waals surface area contributed by atoms with E-state index >= 15 is 0 Å². The van der Waals surface area contributed by atoms with E-state index in [4.69, 9.17) is 9.47 Å². The normalized spacial score (nSPS) is 44.1. The Morgan fingerprint density at radius 1 is 1.21 bits per heavy atom. The molecule has 1 spiro atoms. The number of allylic oxidation sites excluding steroid dienone is 1. The zero-order chi connectivity index (χ0) is 17.8. The monoisotopic (exact) mass is 334 g/mol. The highest BCUT2D eigenvalue weighted by atomic mass is 16.5. The van der Waals surface area contributed by atoms with Crippen molar-refractivity contribution in [3.8, 4) is 0 Å². The first kappa shape index (κ1) is 18.0.